The zero-order valence-corrected chi connectivity index (χ0v) is 22.9. The first kappa shape index (κ1) is 26.7. The molecule has 0 bridgehead atoms. The summed E-state index contributed by atoms with van der Waals surface area (Å²) in [5.74, 6) is -0.153. The third-order valence-corrected chi connectivity index (χ3v) is 9.65. The Bertz CT molecular complexity index is 1280. The van der Waals surface area contributed by atoms with Gasteiger partial charge in [0.25, 0.3) is 5.91 Å². The van der Waals surface area contributed by atoms with Crippen molar-refractivity contribution in [2.75, 3.05) is 20.2 Å². The maximum absolute atomic E-state index is 13.9. The molecule has 1 spiro atoms. The number of aromatic nitrogens is 1. The van der Waals surface area contributed by atoms with Crippen LogP contribution in [0, 0.1) is 16.7 Å². The van der Waals surface area contributed by atoms with Crippen molar-refractivity contribution in [3.63, 3.8) is 0 Å². The number of halogens is 1. The van der Waals surface area contributed by atoms with Gasteiger partial charge in [-0.2, -0.15) is 5.26 Å². The third kappa shape index (κ3) is 5.19. The molecule has 0 radical (unpaired) electrons. The number of likely N-dealkylation sites (tertiary alicyclic amines) is 1. The normalized spacial score (nSPS) is 23.6. The van der Waals surface area contributed by atoms with Crippen molar-refractivity contribution in [1.29, 1.82) is 5.26 Å². The van der Waals surface area contributed by atoms with Crippen LogP contribution in [0.5, 0.6) is 5.75 Å². The molecule has 2 aliphatic heterocycles. The van der Waals surface area contributed by atoms with Crippen LogP contribution < -0.4 is 15.4 Å². The Balaban J connectivity index is 1.39. The van der Waals surface area contributed by atoms with Gasteiger partial charge in [0.05, 0.1) is 29.0 Å². The molecule has 2 saturated heterocycles. The number of nitrogens with zero attached hydrogens (tertiary/aromatic N) is 2. The Morgan fingerprint density at radius 2 is 2.08 bits per heavy atom. The van der Waals surface area contributed by atoms with E-state index in [0.717, 1.165) is 50.3 Å². The summed E-state index contributed by atoms with van der Waals surface area (Å²) in [6.45, 7) is 1.12. The van der Waals surface area contributed by atoms with Crippen molar-refractivity contribution in [2.45, 2.75) is 68.0 Å². The number of carbonyl (C=O) groups excluding carboxylic acids is 3. The van der Waals surface area contributed by atoms with Gasteiger partial charge in [-0.25, -0.2) is 0 Å². The summed E-state index contributed by atoms with van der Waals surface area (Å²) in [5.41, 5.74) is 0.825. The minimum absolute atomic E-state index is 0.109. The second kappa shape index (κ2) is 11.1. The molecule has 3 N–H and O–H groups in total. The summed E-state index contributed by atoms with van der Waals surface area (Å²) in [5, 5.41) is 15.3. The predicted molar refractivity (Wildman–Crippen MR) is 146 cm³/mol. The Morgan fingerprint density at radius 1 is 1.29 bits per heavy atom. The number of nitriles is 1. The molecule has 3 amide bonds. The van der Waals surface area contributed by atoms with Gasteiger partial charge in [0.2, 0.25) is 11.8 Å². The van der Waals surface area contributed by atoms with E-state index >= 15 is 0 Å². The molecular formula is C27H32ClN5O4S. The molecule has 5 rings (SSSR count). The zero-order chi connectivity index (χ0) is 26.9. The van der Waals surface area contributed by atoms with E-state index in [9.17, 15) is 19.6 Å². The number of methoxy groups -OCH3 is 1. The first-order valence-electron chi connectivity index (χ1n) is 13.1. The number of hydrogen-bond acceptors (Lipinski definition) is 6. The smallest absolute Gasteiger partial charge is 0.271 e. The monoisotopic (exact) mass is 557 g/mol. The second-order valence-corrected chi connectivity index (χ2v) is 12.2. The highest BCUT2D eigenvalue weighted by Gasteiger charge is 2.49. The molecule has 3 fully saturated rings. The number of amides is 3. The van der Waals surface area contributed by atoms with Gasteiger partial charge in [0.15, 0.2) is 5.37 Å². The van der Waals surface area contributed by atoms with Crippen LogP contribution in [0.3, 0.4) is 0 Å². The van der Waals surface area contributed by atoms with Crippen LogP contribution in [0.1, 0.15) is 61.9 Å². The van der Waals surface area contributed by atoms with Crippen molar-refractivity contribution < 1.29 is 19.1 Å². The van der Waals surface area contributed by atoms with Crippen LogP contribution in [0.15, 0.2) is 18.2 Å². The van der Waals surface area contributed by atoms with Crippen molar-refractivity contribution >= 4 is 52.0 Å². The van der Waals surface area contributed by atoms with E-state index in [-0.39, 0.29) is 28.4 Å². The average Bonchev–Trinajstić information content (AvgIpc) is 3.53. The number of rotatable bonds is 6. The topological polar surface area (TPSA) is 127 Å². The number of nitrogens with one attached hydrogen (secondary N) is 3. The SMILES string of the molecule is COc1ccc(Cl)c2[nH]c(C(=O)N3CC4(CCCCC4)CC3C(=O)NC(C#N)S[C@@H]3CCCNC3=O)cc12. The molecule has 11 heteroatoms. The molecule has 1 saturated carbocycles. The number of carbonyl (C=O) groups is 3. The molecule has 3 heterocycles. The first-order valence-corrected chi connectivity index (χ1v) is 14.5. The Hall–Kier alpha value is -2.90. The van der Waals surface area contributed by atoms with Crippen LogP contribution in [0.2, 0.25) is 5.02 Å². The minimum Gasteiger partial charge on any atom is -0.496 e. The van der Waals surface area contributed by atoms with Crippen LogP contribution in [-0.2, 0) is 9.59 Å². The largest absolute Gasteiger partial charge is 0.496 e. The van der Waals surface area contributed by atoms with Gasteiger partial charge in [-0.05, 0) is 55.7 Å². The molecule has 1 aliphatic carbocycles. The van der Waals surface area contributed by atoms with Gasteiger partial charge in [-0.15, -0.1) is 11.8 Å². The summed E-state index contributed by atoms with van der Waals surface area (Å²) in [4.78, 5) is 44.5. The molecule has 3 atom stereocenters. The number of ether oxygens (including phenoxy) is 1. The third-order valence-electron chi connectivity index (χ3n) is 8.07. The lowest BCUT2D eigenvalue weighted by Crippen LogP contribution is -2.49. The standard InChI is InChI=1S/C27H32ClN5O4S/c1-37-20-8-7-17(28)23-16(20)12-18(31-23)26(36)33-15-27(9-3-2-4-10-27)13-19(33)24(34)32-22(14-29)38-21-6-5-11-30-25(21)35/h7-8,12,19,21-22,31H,2-6,9-11,13,15H2,1H3,(H,30,35)(H,32,34)/t19?,21-,22?/m1/s1. The summed E-state index contributed by atoms with van der Waals surface area (Å²) in [6, 6.07) is 6.60. The van der Waals surface area contributed by atoms with Crippen LogP contribution in [0.25, 0.3) is 10.9 Å². The number of fused-ring (bicyclic) bond motifs is 1. The fraction of sp³-hybridized carbons (Fsp3) is 0.556. The lowest BCUT2D eigenvalue weighted by molar-refractivity contribution is -0.125. The molecular weight excluding hydrogens is 526 g/mol. The number of hydrogen-bond donors (Lipinski definition) is 3. The van der Waals surface area contributed by atoms with Gasteiger partial charge in [0, 0.05) is 18.5 Å². The summed E-state index contributed by atoms with van der Waals surface area (Å²) in [6.07, 6.45) is 7.28. The Kier molecular flexibility index (Phi) is 7.78. The molecule has 1 aromatic carbocycles. The number of piperidine rings is 1. The quantitative estimate of drug-likeness (QED) is 0.461. The lowest BCUT2D eigenvalue weighted by Gasteiger charge is -2.32. The van der Waals surface area contributed by atoms with Crippen LogP contribution in [-0.4, -0.2) is 64.5 Å². The number of aromatic amines is 1. The molecule has 9 nitrogen and oxygen atoms in total. The Labute approximate surface area is 231 Å². The molecule has 38 heavy (non-hydrogen) atoms. The van der Waals surface area contributed by atoms with Crippen molar-refractivity contribution in [3.05, 3.63) is 28.9 Å². The second-order valence-electron chi connectivity index (χ2n) is 10.5. The highest BCUT2D eigenvalue weighted by Crippen LogP contribution is 2.47. The van der Waals surface area contributed by atoms with E-state index in [0.29, 0.717) is 53.3 Å². The van der Waals surface area contributed by atoms with Gasteiger partial charge >= 0.3 is 0 Å². The van der Waals surface area contributed by atoms with Crippen molar-refractivity contribution in [2.24, 2.45) is 5.41 Å². The first-order chi connectivity index (χ1) is 18.3. The van der Waals surface area contributed by atoms with E-state index in [1.807, 2.05) is 0 Å². The van der Waals surface area contributed by atoms with Crippen molar-refractivity contribution in [1.82, 2.24) is 20.5 Å². The van der Waals surface area contributed by atoms with Gasteiger partial charge in [-0.1, -0.05) is 30.9 Å². The summed E-state index contributed by atoms with van der Waals surface area (Å²) in [7, 11) is 1.56. The lowest BCUT2D eigenvalue weighted by atomic mass is 9.72. The average molecular weight is 558 g/mol. The molecule has 2 unspecified atom stereocenters. The fourth-order valence-corrected chi connectivity index (χ4v) is 7.43. The van der Waals surface area contributed by atoms with Crippen LogP contribution >= 0.6 is 23.4 Å². The highest BCUT2D eigenvalue weighted by molar-refractivity contribution is 8.01. The molecule has 1 aromatic heterocycles. The van der Waals surface area contributed by atoms with Crippen LogP contribution in [0.4, 0.5) is 0 Å². The van der Waals surface area contributed by atoms with Crippen molar-refractivity contribution in [3.8, 4) is 11.8 Å². The van der Waals surface area contributed by atoms with Gasteiger partial charge < -0.3 is 25.3 Å². The number of thioether (sulfide) groups is 1. The summed E-state index contributed by atoms with van der Waals surface area (Å²) < 4.78 is 5.45. The maximum atomic E-state index is 13.9. The number of H-pyrrole nitrogens is 1. The molecule has 3 aliphatic rings. The van der Waals surface area contributed by atoms with E-state index in [1.165, 1.54) is 0 Å². The van der Waals surface area contributed by atoms with Gasteiger partial charge in [0.1, 0.15) is 17.5 Å². The molecule has 2 aromatic rings. The predicted octanol–water partition coefficient (Wildman–Crippen LogP) is 3.97. The Morgan fingerprint density at radius 3 is 2.79 bits per heavy atom. The summed E-state index contributed by atoms with van der Waals surface area (Å²) >= 11 is 7.55. The number of benzene rings is 1. The van der Waals surface area contributed by atoms with E-state index in [1.54, 1.807) is 30.2 Å². The maximum Gasteiger partial charge on any atom is 0.271 e. The minimum atomic E-state index is -0.882. The highest BCUT2D eigenvalue weighted by atomic mass is 35.5. The van der Waals surface area contributed by atoms with E-state index < -0.39 is 11.4 Å². The fourth-order valence-electron chi connectivity index (χ4n) is 6.14. The zero-order valence-electron chi connectivity index (χ0n) is 21.3. The van der Waals surface area contributed by atoms with Gasteiger partial charge in [-0.3, -0.25) is 14.4 Å². The molecule has 202 valence electrons. The van der Waals surface area contributed by atoms with E-state index in [4.69, 9.17) is 16.3 Å². The van der Waals surface area contributed by atoms with E-state index in [2.05, 4.69) is 21.7 Å².